The number of amides is 1. The SMILES string of the molecule is O=C(CCNc1cn[nH]c(=O)c1Cl)N1CCOCC1. The lowest BCUT2D eigenvalue weighted by molar-refractivity contribution is -0.134. The molecule has 1 fully saturated rings. The second kappa shape index (κ2) is 6.53. The van der Waals surface area contributed by atoms with Gasteiger partial charge in [0, 0.05) is 26.1 Å². The second-order valence-corrected chi connectivity index (χ2v) is 4.47. The summed E-state index contributed by atoms with van der Waals surface area (Å²) in [5.74, 6) is 0.0599. The molecule has 0 saturated carbocycles. The third-order valence-electron chi connectivity index (χ3n) is 2.81. The predicted octanol–water partition coefficient (Wildman–Crippen LogP) is 0.0841. The van der Waals surface area contributed by atoms with E-state index < -0.39 is 5.56 Å². The molecule has 1 saturated heterocycles. The minimum Gasteiger partial charge on any atom is -0.382 e. The number of nitrogens with one attached hydrogen (secondary N) is 2. The van der Waals surface area contributed by atoms with Gasteiger partial charge in [0.05, 0.1) is 25.1 Å². The van der Waals surface area contributed by atoms with Gasteiger partial charge in [0.1, 0.15) is 5.02 Å². The smallest absolute Gasteiger partial charge is 0.285 e. The van der Waals surface area contributed by atoms with Gasteiger partial charge >= 0.3 is 0 Å². The molecule has 0 aliphatic carbocycles. The summed E-state index contributed by atoms with van der Waals surface area (Å²) < 4.78 is 5.18. The zero-order valence-corrected chi connectivity index (χ0v) is 11.1. The molecule has 1 aromatic rings. The third kappa shape index (κ3) is 3.68. The van der Waals surface area contributed by atoms with E-state index in [1.807, 2.05) is 0 Å². The van der Waals surface area contributed by atoms with Crippen molar-refractivity contribution in [2.24, 2.45) is 0 Å². The van der Waals surface area contributed by atoms with Crippen LogP contribution in [0.3, 0.4) is 0 Å². The normalized spacial score (nSPS) is 15.3. The summed E-state index contributed by atoms with van der Waals surface area (Å²) >= 11 is 5.80. The van der Waals surface area contributed by atoms with Crippen molar-refractivity contribution >= 4 is 23.2 Å². The summed E-state index contributed by atoms with van der Waals surface area (Å²) in [5.41, 5.74) is -0.0219. The van der Waals surface area contributed by atoms with Gasteiger partial charge in [-0.2, -0.15) is 5.10 Å². The Hall–Kier alpha value is -1.60. The van der Waals surface area contributed by atoms with Crippen LogP contribution in [0.25, 0.3) is 0 Å². The second-order valence-electron chi connectivity index (χ2n) is 4.10. The first-order chi connectivity index (χ1) is 9.18. The van der Waals surface area contributed by atoms with E-state index in [2.05, 4.69) is 15.5 Å². The number of aromatic amines is 1. The number of hydrogen-bond donors (Lipinski definition) is 2. The molecule has 2 rings (SSSR count). The molecular formula is C11H15ClN4O3. The first kappa shape index (κ1) is 13.8. The van der Waals surface area contributed by atoms with Crippen LogP contribution in [0.5, 0.6) is 0 Å². The molecule has 2 heterocycles. The molecule has 19 heavy (non-hydrogen) atoms. The Bertz CT molecular complexity index is 499. The summed E-state index contributed by atoms with van der Waals surface area (Å²) in [6.07, 6.45) is 1.76. The van der Waals surface area contributed by atoms with Gasteiger partial charge in [-0.25, -0.2) is 5.10 Å². The molecule has 0 radical (unpaired) electrons. The highest BCUT2D eigenvalue weighted by atomic mass is 35.5. The number of carbonyl (C=O) groups is 1. The monoisotopic (exact) mass is 286 g/mol. The molecule has 7 nitrogen and oxygen atoms in total. The van der Waals surface area contributed by atoms with Crippen molar-refractivity contribution in [1.29, 1.82) is 0 Å². The van der Waals surface area contributed by atoms with E-state index >= 15 is 0 Å². The lowest BCUT2D eigenvalue weighted by atomic mass is 10.3. The van der Waals surface area contributed by atoms with Crippen LogP contribution in [0.15, 0.2) is 11.0 Å². The molecule has 0 bridgehead atoms. The minimum absolute atomic E-state index is 0.0498. The predicted molar refractivity (Wildman–Crippen MR) is 70.4 cm³/mol. The Morgan fingerprint density at radius 3 is 3.00 bits per heavy atom. The van der Waals surface area contributed by atoms with E-state index in [0.717, 1.165) is 0 Å². The molecule has 1 amide bonds. The summed E-state index contributed by atoms with van der Waals surface area (Å²) in [5, 5.41) is 8.84. The maximum absolute atomic E-state index is 11.9. The Balaban J connectivity index is 1.81. The first-order valence-corrected chi connectivity index (χ1v) is 6.39. The standard InChI is InChI=1S/C11H15ClN4O3/c12-10-8(7-14-15-11(10)18)13-2-1-9(17)16-3-5-19-6-4-16/h7H,1-6H2,(H2,13,15,18). The summed E-state index contributed by atoms with van der Waals surface area (Å²) in [4.78, 5) is 24.8. The molecule has 2 N–H and O–H groups in total. The van der Waals surface area contributed by atoms with Crippen molar-refractivity contribution in [3.05, 3.63) is 21.6 Å². The third-order valence-corrected chi connectivity index (χ3v) is 3.19. The highest BCUT2D eigenvalue weighted by Gasteiger charge is 2.16. The van der Waals surface area contributed by atoms with Gasteiger partial charge in [-0.15, -0.1) is 0 Å². The number of aromatic nitrogens is 2. The fraction of sp³-hybridized carbons (Fsp3) is 0.545. The quantitative estimate of drug-likeness (QED) is 0.819. The summed E-state index contributed by atoms with van der Waals surface area (Å²) in [6.45, 7) is 2.84. The highest BCUT2D eigenvalue weighted by molar-refractivity contribution is 6.32. The number of morpholine rings is 1. The van der Waals surface area contributed by atoms with Gasteiger partial charge in [0.15, 0.2) is 0 Å². The molecule has 8 heteroatoms. The van der Waals surface area contributed by atoms with Crippen molar-refractivity contribution in [3.8, 4) is 0 Å². The van der Waals surface area contributed by atoms with Crippen LogP contribution in [0.4, 0.5) is 5.69 Å². The molecule has 0 atom stereocenters. The van der Waals surface area contributed by atoms with E-state index in [9.17, 15) is 9.59 Å². The molecule has 1 aliphatic heterocycles. The summed E-state index contributed by atoms with van der Waals surface area (Å²) in [6, 6.07) is 0. The van der Waals surface area contributed by atoms with E-state index in [0.29, 0.717) is 45.0 Å². The number of anilines is 1. The van der Waals surface area contributed by atoms with E-state index in [1.54, 1.807) is 4.90 Å². The van der Waals surface area contributed by atoms with E-state index in [4.69, 9.17) is 16.3 Å². The fourth-order valence-corrected chi connectivity index (χ4v) is 1.94. The highest BCUT2D eigenvalue weighted by Crippen LogP contribution is 2.14. The van der Waals surface area contributed by atoms with E-state index in [1.165, 1.54) is 6.20 Å². The Kier molecular flexibility index (Phi) is 4.75. The van der Waals surface area contributed by atoms with Gasteiger partial charge in [-0.1, -0.05) is 11.6 Å². The first-order valence-electron chi connectivity index (χ1n) is 6.01. The molecule has 0 spiro atoms. The molecule has 1 aliphatic rings. The zero-order chi connectivity index (χ0) is 13.7. The number of rotatable bonds is 4. The number of carbonyl (C=O) groups excluding carboxylic acids is 1. The van der Waals surface area contributed by atoms with Crippen LogP contribution >= 0.6 is 11.6 Å². The molecule has 0 unspecified atom stereocenters. The molecule has 0 aromatic carbocycles. The Morgan fingerprint density at radius 2 is 2.26 bits per heavy atom. The number of ether oxygens (including phenoxy) is 1. The van der Waals surface area contributed by atoms with Gasteiger partial charge < -0.3 is 15.0 Å². The molecular weight excluding hydrogens is 272 g/mol. The summed E-state index contributed by atoms with van der Waals surface area (Å²) in [7, 11) is 0. The largest absolute Gasteiger partial charge is 0.382 e. The van der Waals surface area contributed by atoms with Crippen molar-refractivity contribution in [3.63, 3.8) is 0 Å². The van der Waals surface area contributed by atoms with Gasteiger partial charge in [-0.05, 0) is 0 Å². The maximum atomic E-state index is 11.9. The Morgan fingerprint density at radius 1 is 1.53 bits per heavy atom. The van der Waals surface area contributed by atoms with Crippen molar-refractivity contribution < 1.29 is 9.53 Å². The van der Waals surface area contributed by atoms with Crippen molar-refractivity contribution in [1.82, 2.24) is 15.1 Å². The van der Waals surface area contributed by atoms with E-state index in [-0.39, 0.29) is 10.9 Å². The fourth-order valence-electron chi connectivity index (χ4n) is 1.78. The number of H-pyrrole nitrogens is 1. The number of halogens is 1. The van der Waals surface area contributed by atoms with Crippen LogP contribution in [0.1, 0.15) is 6.42 Å². The van der Waals surface area contributed by atoms with Crippen LogP contribution in [0.2, 0.25) is 5.02 Å². The van der Waals surface area contributed by atoms with Gasteiger partial charge in [-0.3, -0.25) is 9.59 Å². The molecule has 104 valence electrons. The Labute approximate surface area is 114 Å². The number of nitrogens with zero attached hydrogens (tertiary/aromatic N) is 2. The average Bonchev–Trinajstić information content (AvgIpc) is 2.44. The van der Waals surface area contributed by atoms with Crippen LogP contribution < -0.4 is 10.9 Å². The number of hydrogen-bond acceptors (Lipinski definition) is 5. The lowest BCUT2D eigenvalue weighted by Gasteiger charge is -2.26. The van der Waals surface area contributed by atoms with Gasteiger partial charge in [0.25, 0.3) is 5.56 Å². The minimum atomic E-state index is -0.453. The van der Waals surface area contributed by atoms with Gasteiger partial charge in [0.2, 0.25) is 5.91 Å². The zero-order valence-electron chi connectivity index (χ0n) is 10.3. The average molecular weight is 287 g/mol. The van der Waals surface area contributed by atoms with Crippen molar-refractivity contribution in [2.75, 3.05) is 38.2 Å². The lowest BCUT2D eigenvalue weighted by Crippen LogP contribution is -2.41. The van der Waals surface area contributed by atoms with Crippen LogP contribution in [0, 0.1) is 0 Å². The van der Waals surface area contributed by atoms with Crippen LogP contribution in [-0.2, 0) is 9.53 Å². The van der Waals surface area contributed by atoms with Crippen molar-refractivity contribution in [2.45, 2.75) is 6.42 Å². The maximum Gasteiger partial charge on any atom is 0.285 e. The van der Waals surface area contributed by atoms with Crippen LogP contribution in [-0.4, -0.2) is 53.9 Å². The topological polar surface area (TPSA) is 87.3 Å². The molecule has 1 aromatic heterocycles.